The van der Waals surface area contributed by atoms with Gasteiger partial charge in [-0.15, -0.1) is 10.2 Å². The van der Waals surface area contributed by atoms with Crippen LogP contribution in [0.5, 0.6) is 0 Å². The smallest absolute Gasteiger partial charge is 0.355 e. The van der Waals surface area contributed by atoms with Gasteiger partial charge in [-0.1, -0.05) is 11.8 Å². The van der Waals surface area contributed by atoms with E-state index in [2.05, 4.69) is 15.2 Å². The number of aryl methyl sites for hydroxylation is 2. The van der Waals surface area contributed by atoms with Crippen LogP contribution in [0, 0.1) is 20.8 Å². The normalized spacial score (nSPS) is 10.8. The van der Waals surface area contributed by atoms with Crippen molar-refractivity contribution in [2.24, 2.45) is 7.05 Å². The number of esters is 1. The van der Waals surface area contributed by atoms with Crippen LogP contribution in [-0.2, 0) is 11.8 Å². The number of nitrogens with zero attached hydrogens (tertiary/aromatic N) is 3. The number of hydrogen-bond acceptors (Lipinski definition) is 6. The summed E-state index contributed by atoms with van der Waals surface area (Å²) in [6, 6.07) is 0. The predicted molar refractivity (Wildman–Crippen MR) is 87.0 cm³/mol. The highest BCUT2D eigenvalue weighted by molar-refractivity contribution is 7.99. The van der Waals surface area contributed by atoms with Gasteiger partial charge in [-0.2, -0.15) is 0 Å². The molecule has 7 nitrogen and oxygen atoms in total. The maximum Gasteiger partial charge on any atom is 0.355 e. The van der Waals surface area contributed by atoms with Crippen LogP contribution in [0.4, 0.5) is 0 Å². The van der Waals surface area contributed by atoms with Gasteiger partial charge in [-0.25, -0.2) is 4.79 Å². The Labute approximate surface area is 138 Å². The average Bonchev–Trinajstić information content (AvgIpc) is 2.98. The number of carbonyl (C=O) groups excluding carboxylic acids is 2. The predicted octanol–water partition coefficient (Wildman–Crippen LogP) is 2.22. The Kier molecular flexibility index (Phi) is 5.25. The Bertz CT molecular complexity index is 748. The third-order valence-electron chi connectivity index (χ3n) is 3.58. The number of H-pyrrole nitrogens is 1. The SMILES string of the molecule is CCOC(=O)c1[nH]c(C)c(C(=O)CSc2nnc(C)n2C)c1C. The van der Waals surface area contributed by atoms with Crippen molar-refractivity contribution < 1.29 is 14.3 Å². The summed E-state index contributed by atoms with van der Waals surface area (Å²) in [7, 11) is 1.85. The van der Waals surface area contributed by atoms with E-state index in [1.165, 1.54) is 11.8 Å². The highest BCUT2D eigenvalue weighted by atomic mass is 32.2. The van der Waals surface area contributed by atoms with E-state index in [0.29, 0.717) is 34.3 Å². The van der Waals surface area contributed by atoms with Crippen molar-refractivity contribution in [3.05, 3.63) is 28.3 Å². The summed E-state index contributed by atoms with van der Waals surface area (Å²) in [6.45, 7) is 7.42. The molecule has 0 spiro atoms. The third kappa shape index (κ3) is 3.47. The summed E-state index contributed by atoms with van der Waals surface area (Å²) < 4.78 is 6.83. The second-order valence-electron chi connectivity index (χ2n) is 5.15. The highest BCUT2D eigenvalue weighted by Crippen LogP contribution is 2.23. The summed E-state index contributed by atoms with van der Waals surface area (Å²) in [5.74, 6) is 0.521. The fraction of sp³-hybridized carbons (Fsp3) is 0.467. The summed E-state index contributed by atoms with van der Waals surface area (Å²) in [4.78, 5) is 27.4. The second-order valence-corrected chi connectivity index (χ2v) is 6.09. The van der Waals surface area contributed by atoms with Crippen molar-refractivity contribution in [2.45, 2.75) is 32.9 Å². The van der Waals surface area contributed by atoms with Crippen molar-refractivity contribution in [3.63, 3.8) is 0 Å². The van der Waals surface area contributed by atoms with E-state index in [1.54, 1.807) is 20.8 Å². The van der Waals surface area contributed by atoms with E-state index in [-0.39, 0.29) is 11.5 Å². The largest absolute Gasteiger partial charge is 0.461 e. The van der Waals surface area contributed by atoms with Crippen LogP contribution >= 0.6 is 11.8 Å². The van der Waals surface area contributed by atoms with E-state index >= 15 is 0 Å². The van der Waals surface area contributed by atoms with E-state index in [4.69, 9.17) is 4.74 Å². The molecule has 2 heterocycles. The number of Topliss-reactive ketones (excluding diaryl/α,β-unsaturated/α-hetero) is 1. The lowest BCUT2D eigenvalue weighted by Crippen LogP contribution is -2.08. The summed E-state index contributed by atoms with van der Waals surface area (Å²) in [5.41, 5.74) is 2.18. The number of hydrogen-bond donors (Lipinski definition) is 1. The van der Waals surface area contributed by atoms with Crippen LogP contribution in [0.1, 0.15) is 44.9 Å². The van der Waals surface area contributed by atoms with Crippen LogP contribution in [-0.4, -0.2) is 43.9 Å². The Morgan fingerprint density at radius 1 is 1.26 bits per heavy atom. The van der Waals surface area contributed by atoms with E-state index in [9.17, 15) is 9.59 Å². The molecule has 0 radical (unpaired) electrons. The monoisotopic (exact) mass is 336 g/mol. The molecule has 0 aliphatic heterocycles. The van der Waals surface area contributed by atoms with E-state index in [0.717, 1.165) is 5.82 Å². The molecule has 0 aliphatic rings. The number of nitrogens with one attached hydrogen (secondary N) is 1. The molecule has 0 bridgehead atoms. The first kappa shape index (κ1) is 17.3. The molecule has 2 aromatic heterocycles. The van der Waals surface area contributed by atoms with Gasteiger partial charge >= 0.3 is 5.97 Å². The van der Waals surface area contributed by atoms with Gasteiger partial charge in [0.2, 0.25) is 0 Å². The zero-order valence-electron chi connectivity index (χ0n) is 13.9. The topological polar surface area (TPSA) is 89.9 Å². The van der Waals surface area contributed by atoms with Crippen molar-refractivity contribution in [2.75, 3.05) is 12.4 Å². The minimum Gasteiger partial charge on any atom is -0.461 e. The molecule has 124 valence electrons. The summed E-state index contributed by atoms with van der Waals surface area (Å²) in [6.07, 6.45) is 0. The number of rotatable bonds is 6. The van der Waals surface area contributed by atoms with Gasteiger partial charge in [0, 0.05) is 18.3 Å². The molecular formula is C15H20N4O3S. The molecule has 0 unspecified atom stereocenters. The van der Waals surface area contributed by atoms with Crippen LogP contribution in [0.3, 0.4) is 0 Å². The molecule has 0 atom stereocenters. The van der Waals surface area contributed by atoms with Gasteiger partial charge in [-0.3, -0.25) is 4.79 Å². The number of thioether (sulfide) groups is 1. The fourth-order valence-electron chi connectivity index (χ4n) is 2.29. The molecule has 1 N–H and O–H groups in total. The Hall–Kier alpha value is -2.09. The zero-order chi connectivity index (χ0) is 17.1. The molecule has 8 heteroatoms. The minimum atomic E-state index is -0.441. The maximum absolute atomic E-state index is 12.5. The molecule has 0 fully saturated rings. The van der Waals surface area contributed by atoms with Gasteiger partial charge in [0.25, 0.3) is 0 Å². The lowest BCUT2D eigenvalue weighted by atomic mass is 10.1. The average molecular weight is 336 g/mol. The van der Waals surface area contributed by atoms with E-state index < -0.39 is 5.97 Å². The molecule has 0 aliphatic carbocycles. The second kappa shape index (κ2) is 6.99. The van der Waals surface area contributed by atoms with Gasteiger partial charge in [0.15, 0.2) is 10.9 Å². The van der Waals surface area contributed by atoms with Crippen LogP contribution in [0.25, 0.3) is 0 Å². The lowest BCUT2D eigenvalue weighted by molar-refractivity contribution is 0.0519. The molecule has 2 rings (SSSR count). The Balaban J connectivity index is 2.16. The Morgan fingerprint density at radius 2 is 1.96 bits per heavy atom. The molecular weight excluding hydrogens is 316 g/mol. The van der Waals surface area contributed by atoms with E-state index in [1.807, 2.05) is 18.5 Å². The molecule has 2 aromatic rings. The zero-order valence-corrected chi connectivity index (χ0v) is 14.7. The number of aromatic nitrogens is 4. The molecule has 0 aromatic carbocycles. The number of ketones is 1. The molecule has 0 saturated carbocycles. The lowest BCUT2D eigenvalue weighted by Gasteiger charge is -2.03. The van der Waals surface area contributed by atoms with Gasteiger partial charge in [0.1, 0.15) is 11.5 Å². The first-order chi connectivity index (χ1) is 10.9. The third-order valence-corrected chi connectivity index (χ3v) is 4.60. The minimum absolute atomic E-state index is 0.0579. The standard InChI is InChI=1S/C15H20N4O3S/c1-6-22-14(21)13-8(2)12(9(3)16-13)11(20)7-23-15-18-17-10(4)19(15)5/h16H,6-7H2,1-5H3. The summed E-state index contributed by atoms with van der Waals surface area (Å²) in [5, 5.41) is 8.68. The highest BCUT2D eigenvalue weighted by Gasteiger charge is 2.23. The van der Waals surface area contributed by atoms with Gasteiger partial charge in [0.05, 0.1) is 12.4 Å². The maximum atomic E-state index is 12.5. The molecule has 23 heavy (non-hydrogen) atoms. The van der Waals surface area contributed by atoms with Crippen molar-refractivity contribution in [3.8, 4) is 0 Å². The van der Waals surface area contributed by atoms with Crippen molar-refractivity contribution in [1.29, 1.82) is 0 Å². The van der Waals surface area contributed by atoms with Crippen molar-refractivity contribution >= 4 is 23.5 Å². The number of carbonyl (C=O) groups is 2. The quantitative estimate of drug-likeness (QED) is 0.494. The van der Waals surface area contributed by atoms with Gasteiger partial charge in [-0.05, 0) is 33.3 Å². The number of ether oxygens (including phenoxy) is 1. The first-order valence-corrected chi connectivity index (χ1v) is 8.23. The Morgan fingerprint density at radius 3 is 2.52 bits per heavy atom. The molecule has 0 amide bonds. The van der Waals surface area contributed by atoms with Crippen LogP contribution < -0.4 is 0 Å². The molecule has 0 saturated heterocycles. The van der Waals surface area contributed by atoms with Crippen LogP contribution in [0.2, 0.25) is 0 Å². The van der Waals surface area contributed by atoms with Crippen LogP contribution in [0.15, 0.2) is 5.16 Å². The van der Waals surface area contributed by atoms with Gasteiger partial charge < -0.3 is 14.3 Å². The fourth-order valence-corrected chi connectivity index (χ4v) is 3.12. The number of aromatic amines is 1. The van der Waals surface area contributed by atoms with Crippen molar-refractivity contribution in [1.82, 2.24) is 19.7 Å². The first-order valence-electron chi connectivity index (χ1n) is 7.25. The summed E-state index contributed by atoms with van der Waals surface area (Å²) >= 11 is 1.33.